The molecule has 0 aliphatic heterocycles. The average molecular weight is 539 g/mol. The smallest absolute Gasteiger partial charge is 0.259 e. The monoisotopic (exact) mass is 538 g/mol. The van der Waals surface area contributed by atoms with Gasteiger partial charge in [-0.15, -0.1) is 0 Å². The first-order valence-corrected chi connectivity index (χ1v) is 15.6. The van der Waals surface area contributed by atoms with Crippen LogP contribution in [0.5, 0.6) is 0 Å². The van der Waals surface area contributed by atoms with Gasteiger partial charge in [0.2, 0.25) is 0 Å². The molecule has 0 aliphatic carbocycles. The van der Waals surface area contributed by atoms with Crippen molar-refractivity contribution in [1.82, 2.24) is 9.13 Å². The van der Waals surface area contributed by atoms with E-state index in [1.54, 1.807) is 0 Å². The molecular weight excluding hydrogens is 492 g/mol. The van der Waals surface area contributed by atoms with Crippen LogP contribution in [-0.4, -0.2) is 9.13 Å². The number of rotatable bonds is 16. The minimum atomic E-state index is 0.0241. The highest BCUT2D eigenvalue weighted by Crippen LogP contribution is 2.25. The first-order valence-electron chi connectivity index (χ1n) is 15.6. The van der Waals surface area contributed by atoms with E-state index in [1.807, 2.05) is 81.9 Å². The van der Waals surface area contributed by atoms with Gasteiger partial charge >= 0.3 is 0 Å². The van der Waals surface area contributed by atoms with Gasteiger partial charge in [0.1, 0.15) is 0 Å². The minimum absolute atomic E-state index is 0.0241. The van der Waals surface area contributed by atoms with Gasteiger partial charge in [-0.1, -0.05) is 139 Å². The number of pyridine rings is 2. The highest BCUT2D eigenvalue weighted by atomic mass is 16.1. The SMILES string of the molecule is CCCCCCCCn1c(=O)c(-c2ccccc2)cc2c1cc(-c1ccccc1)c(=O)n2CCCCCCCC. The molecule has 0 atom stereocenters. The van der Waals surface area contributed by atoms with Crippen LogP contribution >= 0.6 is 0 Å². The molecule has 0 N–H and O–H groups in total. The van der Waals surface area contributed by atoms with Crippen molar-refractivity contribution >= 4 is 11.0 Å². The largest absolute Gasteiger partial charge is 0.306 e. The summed E-state index contributed by atoms with van der Waals surface area (Å²) >= 11 is 0. The normalized spacial score (nSPS) is 11.3. The van der Waals surface area contributed by atoms with Crippen LogP contribution in [0.2, 0.25) is 0 Å². The number of aromatic nitrogens is 2. The third kappa shape index (κ3) is 7.41. The summed E-state index contributed by atoms with van der Waals surface area (Å²) in [5.41, 5.74) is 4.91. The maximum atomic E-state index is 14.0. The molecule has 0 saturated carbocycles. The summed E-state index contributed by atoms with van der Waals surface area (Å²) in [5.74, 6) is 0. The molecule has 0 fully saturated rings. The first-order chi connectivity index (χ1) is 19.7. The Balaban J connectivity index is 1.83. The Morgan fingerprint density at radius 3 is 1.20 bits per heavy atom. The molecule has 0 saturated heterocycles. The molecule has 2 aromatic carbocycles. The van der Waals surface area contributed by atoms with Gasteiger partial charge in [0.25, 0.3) is 11.1 Å². The maximum Gasteiger partial charge on any atom is 0.259 e. The molecule has 2 heterocycles. The van der Waals surface area contributed by atoms with E-state index in [0.717, 1.165) is 47.8 Å². The maximum absolute atomic E-state index is 14.0. The van der Waals surface area contributed by atoms with E-state index >= 15 is 0 Å². The molecule has 4 heteroatoms. The highest BCUT2D eigenvalue weighted by molar-refractivity contribution is 5.85. The van der Waals surface area contributed by atoms with Crippen LogP contribution in [0.15, 0.2) is 82.4 Å². The fraction of sp³-hybridized carbons (Fsp3) is 0.444. The Kier molecular flexibility index (Phi) is 11.4. The molecule has 0 unspecified atom stereocenters. The zero-order valence-electron chi connectivity index (χ0n) is 24.5. The Morgan fingerprint density at radius 1 is 0.475 bits per heavy atom. The Hall–Kier alpha value is -3.40. The van der Waals surface area contributed by atoms with Crippen LogP contribution in [0.25, 0.3) is 33.3 Å². The molecule has 0 amide bonds. The third-order valence-electron chi connectivity index (χ3n) is 8.00. The number of fused-ring (bicyclic) bond motifs is 1. The van der Waals surface area contributed by atoms with Crippen LogP contribution < -0.4 is 11.1 Å². The summed E-state index contributed by atoms with van der Waals surface area (Å²) in [6, 6.07) is 23.7. The summed E-state index contributed by atoms with van der Waals surface area (Å²) in [4.78, 5) is 28.1. The summed E-state index contributed by atoms with van der Waals surface area (Å²) in [7, 11) is 0. The summed E-state index contributed by atoms with van der Waals surface area (Å²) in [5, 5.41) is 0. The fourth-order valence-electron chi connectivity index (χ4n) is 5.68. The van der Waals surface area contributed by atoms with Crippen LogP contribution in [0.3, 0.4) is 0 Å². The Bertz CT molecular complexity index is 1340. The number of hydrogen-bond donors (Lipinski definition) is 0. The quantitative estimate of drug-likeness (QED) is 0.133. The summed E-state index contributed by atoms with van der Waals surface area (Å²) < 4.78 is 3.89. The molecule has 212 valence electrons. The lowest BCUT2D eigenvalue weighted by molar-refractivity contribution is 0.551. The molecule has 4 rings (SSSR count). The van der Waals surface area contributed by atoms with Crippen molar-refractivity contribution < 1.29 is 0 Å². The van der Waals surface area contributed by atoms with Crippen molar-refractivity contribution in [3.05, 3.63) is 93.5 Å². The van der Waals surface area contributed by atoms with Crippen LogP contribution in [0, 0.1) is 0 Å². The average Bonchev–Trinajstić information content (AvgIpc) is 2.99. The lowest BCUT2D eigenvalue weighted by Gasteiger charge is -2.19. The number of aryl methyl sites for hydroxylation is 2. The van der Waals surface area contributed by atoms with Gasteiger partial charge in [-0.3, -0.25) is 9.59 Å². The zero-order chi connectivity index (χ0) is 28.2. The molecule has 0 radical (unpaired) electrons. The fourth-order valence-corrected chi connectivity index (χ4v) is 5.68. The van der Waals surface area contributed by atoms with Crippen LogP contribution in [0.4, 0.5) is 0 Å². The van der Waals surface area contributed by atoms with Crippen molar-refractivity contribution in [2.24, 2.45) is 0 Å². The molecule has 0 aliphatic rings. The van der Waals surface area contributed by atoms with E-state index in [1.165, 1.54) is 51.4 Å². The highest BCUT2D eigenvalue weighted by Gasteiger charge is 2.18. The Labute approximate surface area is 239 Å². The van der Waals surface area contributed by atoms with E-state index in [0.29, 0.717) is 24.2 Å². The number of nitrogens with zero attached hydrogens (tertiary/aromatic N) is 2. The molecular formula is C36H46N2O2. The lowest BCUT2D eigenvalue weighted by atomic mass is 10.0. The van der Waals surface area contributed by atoms with E-state index in [-0.39, 0.29) is 11.1 Å². The van der Waals surface area contributed by atoms with E-state index < -0.39 is 0 Å². The van der Waals surface area contributed by atoms with E-state index in [9.17, 15) is 9.59 Å². The predicted molar refractivity (Wildman–Crippen MR) is 170 cm³/mol. The number of unbranched alkanes of at least 4 members (excludes halogenated alkanes) is 10. The van der Waals surface area contributed by atoms with Gasteiger partial charge in [-0.25, -0.2) is 0 Å². The molecule has 0 spiro atoms. The molecule has 4 nitrogen and oxygen atoms in total. The van der Waals surface area contributed by atoms with E-state index in [4.69, 9.17) is 0 Å². The second kappa shape index (κ2) is 15.4. The van der Waals surface area contributed by atoms with Gasteiger partial charge in [-0.05, 0) is 36.1 Å². The van der Waals surface area contributed by atoms with Gasteiger partial charge in [-0.2, -0.15) is 0 Å². The van der Waals surface area contributed by atoms with E-state index in [2.05, 4.69) is 13.8 Å². The van der Waals surface area contributed by atoms with Crippen LogP contribution in [-0.2, 0) is 13.1 Å². The molecule has 2 aromatic heterocycles. The van der Waals surface area contributed by atoms with Gasteiger partial charge in [0.05, 0.1) is 11.0 Å². The summed E-state index contributed by atoms with van der Waals surface area (Å²) in [6.07, 6.45) is 14.0. The van der Waals surface area contributed by atoms with Gasteiger partial charge < -0.3 is 9.13 Å². The number of hydrogen-bond acceptors (Lipinski definition) is 2. The molecule has 4 aromatic rings. The predicted octanol–water partition coefficient (Wildman–Crippen LogP) is 9.22. The van der Waals surface area contributed by atoms with Crippen molar-refractivity contribution in [3.63, 3.8) is 0 Å². The molecule has 0 bridgehead atoms. The Morgan fingerprint density at radius 2 is 0.825 bits per heavy atom. The van der Waals surface area contributed by atoms with Gasteiger partial charge in [0, 0.05) is 24.2 Å². The van der Waals surface area contributed by atoms with Crippen LogP contribution in [0.1, 0.15) is 90.9 Å². The summed E-state index contributed by atoms with van der Waals surface area (Å²) in [6.45, 7) is 5.78. The van der Waals surface area contributed by atoms with Crippen molar-refractivity contribution in [2.45, 2.75) is 104 Å². The minimum Gasteiger partial charge on any atom is -0.306 e. The first kappa shape index (κ1) is 29.6. The number of benzene rings is 2. The lowest BCUT2D eigenvalue weighted by Crippen LogP contribution is -2.28. The standard InChI is InChI=1S/C36H46N2O2/c1-3-5-7-9-11-19-25-37-33-27-32(30-23-17-14-18-24-30)36(40)38(26-20-12-10-8-6-4-2)34(33)28-31(35(37)39)29-21-15-13-16-22-29/h13-18,21-24,27-28H,3-12,19-20,25-26H2,1-2H3. The molecule has 40 heavy (non-hydrogen) atoms. The van der Waals surface area contributed by atoms with Crippen molar-refractivity contribution in [2.75, 3.05) is 0 Å². The van der Waals surface area contributed by atoms with Crippen molar-refractivity contribution in [3.8, 4) is 22.3 Å². The topological polar surface area (TPSA) is 44.0 Å². The van der Waals surface area contributed by atoms with Gasteiger partial charge in [0.15, 0.2) is 0 Å². The van der Waals surface area contributed by atoms with Crippen molar-refractivity contribution in [1.29, 1.82) is 0 Å². The third-order valence-corrected chi connectivity index (χ3v) is 8.00. The second-order valence-corrected chi connectivity index (χ2v) is 11.1. The zero-order valence-corrected chi connectivity index (χ0v) is 24.5. The second-order valence-electron chi connectivity index (χ2n) is 11.1.